The Bertz CT molecular complexity index is 843. The average molecular weight is 406 g/mol. The summed E-state index contributed by atoms with van der Waals surface area (Å²) in [5.74, 6) is 0.620. The maximum atomic E-state index is 11.9. The van der Waals surface area contributed by atoms with Gasteiger partial charge < -0.3 is 14.8 Å². The molecule has 1 amide bonds. The molecule has 3 N–H and O–H groups in total. The molecule has 2 aromatic carbocycles. The van der Waals surface area contributed by atoms with Crippen LogP contribution in [0.5, 0.6) is 11.5 Å². The van der Waals surface area contributed by atoms with Crippen molar-refractivity contribution in [1.82, 2.24) is 10.9 Å². The van der Waals surface area contributed by atoms with Gasteiger partial charge in [0, 0.05) is 10.7 Å². The number of halogens is 1. The summed E-state index contributed by atoms with van der Waals surface area (Å²) in [6.45, 7) is 1.73. The molecule has 0 unspecified atom stereocenters. The van der Waals surface area contributed by atoms with E-state index in [1.807, 2.05) is 31.2 Å². The van der Waals surface area contributed by atoms with Crippen LogP contribution in [0.15, 0.2) is 48.5 Å². The molecule has 0 aromatic heterocycles. The second kappa shape index (κ2) is 10.4. The number of hydrogen-bond acceptors (Lipinski definition) is 4. The number of hydrogen-bond donors (Lipinski definition) is 3. The molecule has 0 aliphatic carbocycles. The number of nitrogens with one attached hydrogen (secondary N) is 3. The van der Waals surface area contributed by atoms with Gasteiger partial charge in [0.15, 0.2) is 23.2 Å². The van der Waals surface area contributed by atoms with Crippen molar-refractivity contribution in [3.05, 3.63) is 59.1 Å². The number of anilines is 1. The fourth-order valence-electron chi connectivity index (χ4n) is 2.13. The summed E-state index contributed by atoms with van der Waals surface area (Å²) in [5.41, 5.74) is 6.73. The molecule has 0 saturated carbocycles. The lowest BCUT2D eigenvalue weighted by atomic mass is 10.2. The Balaban J connectivity index is 1.81. The molecule has 0 fully saturated rings. The molecule has 2 rings (SSSR count). The lowest BCUT2D eigenvalue weighted by Gasteiger charge is -2.13. The molecule has 0 radical (unpaired) electrons. The van der Waals surface area contributed by atoms with E-state index in [9.17, 15) is 4.79 Å². The zero-order valence-electron chi connectivity index (χ0n) is 14.9. The van der Waals surface area contributed by atoms with Gasteiger partial charge in [0.25, 0.3) is 5.91 Å². The van der Waals surface area contributed by atoms with Crippen LogP contribution < -0.4 is 25.6 Å². The Morgan fingerprint density at radius 3 is 2.70 bits per heavy atom. The highest BCUT2D eigenvalue weighted by molar-refractivity contribution is 7.80. The van der Waals surface area contributed by atoms with Crippen LogP contribution in [0.1, 0.15) is 12.5 Å². The molecule has 142 valence electrons. The molecule has 0 atom stereocenters. The molecule has 2 aromatic rings. The second-order valence-electron chi connectivity index (χ2n) is 5.34. The van der Waals surface area contributed by atoms with Gasteiger partial charge in [-0.15, -0.1) is 0 Å². The number of benzene rings is 2. The first-order valence-electron chi connectivity index (χ1n) is 8.06. The number of amides is 1. The molecule has 27 heavy (non-hydrogen) atoms. The SMILES string of the molecule is C/C=C/c1ccc(OCC(=O)NNC(=S)Nc2cccc(Cl)c2)c(OC)c1. The van der Waals surface area contributed by atoms with Crippen molar-refractivity contribution in [1.29, 1.82) is 0 Å². The van der Waals surface area contributed by atoms with Crippen molar-refractivity contribution in [2.45, 2.75) is 6.92 Å². The normalized spacial score (nSPS) is 10.3. The summed E-state index contributed by atoms with van der Waals surface area (Å²) < 4.78 is 10.8. The quantitative estimate of drug-likeness (QED) is 0.502. The van der Waals surface area contributed by atoms with E-state index in [0.29, 0.717) is 22.2 Å². The fourth-order valence-corrected chi connectivity index (χ4v) is 2.49. The summed E-state index contributed by atoms with van der Waals surface area (Å²) in [7, 11) is 1.54. The van der Waals surface area contributed by atoms with E-state index < -0.39 is 5.91 Å². The van der Waals surface area contributed by atoms with Gasteiger partial charge in [0.05, 0.1) is 7.11 Å². The topological polar surface area (TPSA) is 71.6 Å². The number of rotatable bonds is 6. The Labute approximate surface area is 168 Å². The predicted octanol–water partition coefficient (Wildman–Crippen LogP) is 3.78. The third-order valence-electron chi connectivity index (χ3n) is 3.30. The van der Waals surface area contributed by atoms with Gasteiger partial charge >= 0.3 is 0 Å². The van der Waals surface area contributed by atoms with E-state index in [1.165, 1.54) is 0 Å². The van der Waals surface area contributed by atoms with Crippen LogP contribution in [-0.4, -0.2) is 24.7 Å². The van der Waals surface area contributed by atoms with Crippen molar-refractivity contribution < 1.29 is 14.3 Å². The maximum Gasteiger partial charge on any atom is 0.276 e. The monoisotopic (exact) mass is 405 g/mol. The minimum Gasteiger partial charge on any atom is -0.493 e. The molecular weight excluding hydrogens is 386 g/mol. The van der Waals surface area contributed by atoms with E-state index in [4.69, 9.17) is 33.3 Å². The molecule has 0 bridgehead atoms. The third-order valence-corrected chi connectivity index (χ3v) is 3.74. The summed E-state index contributed by atoms with van der Waals surface area (Å²) in [5, 5.41) is 3.70. The first-order chi connectivity index (χ1) is 13.0. The summed E-state index contributed by atoms with van der Waals surface area (Å²) in [6.07, 6.45) is 3.87. The predicted molar refractivity (Wildman–Crippen MR) is 112 cm³/mol. The van der Waals surface area contributed by atoms with Gasteiger partial charge in [-0.2, -0.15) is 0 Å². The molecule has 8 heteroatoms. The lowest BCUT2D eigenvalue weighted by Crippen LogP contribution is -2.45. The molecule has 0 heterocycles. The molecule has 0 aliphatic rings. The van der Waals surface area contributed by atoms with Crippen LogP contribution in [0.4, 0.5) is 5.69 Å². The third kappa shape index (κ3) is 6.80. The van der Waals surface area contributed by atoms with E-state index in [1.54, 1.807) is 37.4 Å². The van der Waals surface area contributed by atoms with E-state index in [-0.39, 0.29) is 11.7 Å². The molecule has 6 nitrogen and oxygen atoms in total. The highest BCUT2D eigenvalue weighted by atomic mass is 35.5. The van der Waals surface area contributed by atoms with Gasteiger partial charge in [0.1, 0.15) is 0 Å². The van der Waals surface area contributed by atoms with E-state index in [2.05, 4.69) is 16.2 Å². The van der Waals surface area contributed by atoms with Gasteiger partial charge in [0.2, 0.25) is 0 Å². The number of carbonyl (C=O) groups is 1. The Hall–Kier alpha value is -2.77. The lowest BCUT2D eigenvalue weighted by molar-refractivity contribution is -0.123. The van der Waals surface area contributed by atoms with Gasteiger partial charge in [-0.3, -0.25) is 15.6 Å². The maximum absolute atomic E-state index is 11.9. The van der Waals surface area contributed by atoms with Crippen LogP contribution in [0.3, 0.4) is 0 Å². The van der Waals surface area contributed by atoms with Gasteiger partial charge in [-0.1, -0.05) is 35.9 Å². The molecule has 0 aliphatic heterocycles. The molecule has 0 spiro atoms. The minimum atomic E-state index is -0.398. The summed E-state index contributed by atoms with van der Waals surface area (Å²) in [6, 6.07) is 12.5. The number of thiocarbonyl (C=S) groups is 1. The Kier molecular flexibility index (Phi) is 7.91. The number of hydrazine groups is 1. The number of methoxy groups -OCH3 is 1. The summed E-state index contributed by atoms with van der Waals surface area (Å²) in [4.78, 5) is 11.9. The van der Waals surface area contributed by atoms with Crippen molar-refractivity contribution in [2.24, 2.45) is 0 Å². The number of carbonyl (C=O) groups excluding carboxylic acids is 1. The molecule has 0 saturated heterocycles. The Morgan fingerprint density at radius 2 is 2.00 bits per heavy atom. The highest BCUT2D eigenvalue weighted by Gasteiger charge is 2.08. The summed E-state index contributed by atoms with van der Waals surface area (Å²) >= 11 is 11.0. The van der Waals surface area contributed by atoms with Crippen molar-refractivity contribution in [2.75, 3.05) is 19.0 Å². The van der Waals surface area contributed by atoms with Crippen LogP contribution in [-0.2, 0) is 4.79 Å². The Morgan fingerprint density at radius 1 is 1.19 bits per heavy atom. The van der Waals surface area contributed by atoms with Crippen molar-refractivity contribution >= 4 is 46.6 Å². The second-order valence-corrected chi connectivity index (χ2v) is 6.18. The first kappa shape index (κ1) is 20.5. The van der Waals surface area contributed by atoms with Crippen LogP contribution in [0.2, 0.25) is 5.02 Å². The van der Waals surface area contributed by atoms with Crippen LogP contribution in [0, 0.1) is 0 Å². The largest absolute Gasteiger partial charge is 0.493 e. The van der Waals surface area contributed by atoms with E-state index >= 15 is 0 Å². The average Bonchev–Trinajstić information content (AvgIpc) is 2.65. The smallest absolute Gasteiger partial charge is 0.276 e. The zero-order valence-corrected chi connectivity index (χ0v) is 16.5. The van der Waals surface area contributed by atoms with Crippen LogP contribution in [0.25, 0.3) is 6.08 Å². The number of ether oxygens (including phenoxy) is 2. The zero-order chi connectivity index (χ0) is 19.6. The van der Waals surface area contributed by atoms with Crippen LogP contribution >= 0.6 is 23.8 Å². The standard InChI is InChI=1S/C19H20ClN3O3S/c1-3-5-13-8-9-16(17(10-13)25-2)26-12-18(24)22-23-19(27)21-15-7-4-6-14(20)11-15/h3-11H,12H2,1-2H3,(H,22,24)(H2,21,23,27)/b5-3+. The number of allylic oxidation sites excluding steroid dienone is 1. The highest BCUT2D eigenvalue weighted by Crippen LogP contribution is 2.28. The van der Waals surface area contributed by atoms with Gasteiger partial charge in [-0.05, 0) is 55.0 Å². The van der Waals surface area contributed by atoms with Gasteiger partial charge in [-0.25, -0.2) is 0 Å². The van der Waals surface area contributed by atoms with Crippen molar-refractivity contribution in [3.63, 3.8) is 0 Å². The van der Waals surface area contributed by atoms with E-state index in [0.717, 1.165) is 5.56 Å². The first-order valence-corrected chi connectivity index (χ1v) is 8.85. The van der Waals surface area contributed by atoms with Crippen molar-refractivity contribution in [3.8, 4) is 11.5 Å². The minimum absolute atomic E-state index is 0.202. The molecular formula is C19H20ClN3O3S. The fraction of sp³-hybridized carbons (Fsp3) is 0.158.